The number of carbonyl (C=O) groups excluding carboxylic acids is 1. The topological polar surface area (TPSA) is 46.5 Å². The SMILES string of the molecule is COC(=O)CC=Cc1ccccc1CCO. The van der Waals surface area contributed by atoms with Gasteiger partial charge in [-0.15, -0.1) is 0 Å². The van der Waals surface area contributed by atoms with Gasteiger partial charge in [0.25, 0.3) is 0 Å². The number of hydrogen-bond donors (Lipinski definition) is 1. The molecule has 0 bridgehead atoms. The second-order valence-electron chi connectivity index (χ2n) is 3.36. The first-order chi connectivity index (χ1) is 7.77. The van der Waals surface area contributed by atoms with Gasteiger partial charge in [-0.1, -0.05) is 36.4 Å². The molecule has 1 aromatic carbocycles. The van der Waals surface area contributed by atoms with Crippen LogP contribution in [-0.2, 0) is 16.0 Å². The molecule has 16 heavy (non-hydrogen) atoms. The number of benzene rings is 1. The Morgan fingerprint density at radius 3 is 2.88 bits per heavy atom. The number of aliphatic hydroxyl groups excluding tert-OH is 1. The van der Waals surface area contributed by atoms with E-state index < -0.39 is 0 Å². The number of ether oxygens (including phenoxy) is 1. The summed E-state index contributed by atoms with van der Waals surface area (Å²) in [6.45, 7) is 0.127. The Hall–Kier alpha value is -1.61. The van der Waals surface area contributed by atoms with Crippen LogP contribution in [0.5, 0.6) is 0 Å². The molecule has 0 fully saturated rings. The Labute approximate surface area is 95.4 Å². The molecule has 0 aliphatic carbocycles. The lowest BCUT2D eigenvalue weighted by atomic mass is 10.0. The highest BCUT2D eigenvalue weighted by atomic mass is 16.5. The summed E-state index contributed by atoms with van der Waals surface area (Å²) < 4.78 is 4.54. The number of hydrogen-bond acceptors (Lipinski definition) is 3. The summed E-state index contributed by atoms with van der Waals surface area (Å²) in [4.78, 5) is 10.9. The van der Waals surface area contributed by atoms with Crippen molar-refractivity contribution in [3.8, 4) is 0 Å². The summed E-state index contributed by atoms with van der Waals surface area (Å²) in [5, 5.41) is 8.90. The quantitative estimate of drug-likeness (QED) is 0.770. The maximum atomic E-state index is 10.9. The van der Waals surface area contributed by atoms with E-state index in [9.17, 15) is 4.79 Å². The van der Waals surface area contributed by atoms with Crippen molar-refractivity contribution >= 4 is 12.0 Å². The van der Waals surface area contributed by atoms with E-state index >= 15 is 0 Å². The van der Waals surface area contributed by atoms with Crippen LogP contribution in [0.3, 0.4) is 0 Å². The summed E-state index contributed by atoms with van der Waals surface area (Å²) >= 11 is 0. The highest BCUT2D eigenvalue weighted by Crippen LogP contribution is 2.11. The summed E-state index contributed by atoms with van der Waals surface area (Å²) in [5.74, 6) is -0.254. The molecule has 0 amide bonds. The number of esters is 1. The molecule has 3 nitrogen and oxygen atoms in total. The molecule has 1 rings (SSSR count). The van der Waals surface area contributed by atoms with Crippen molar-refractivity contribution in [3.63, 3.8) is 0 Å². The van der Waals surface area contributed by atoms with Crippen LogP contribution in [0, 0.1) is 0 Å². The van der Waals surface area contributed by atoms with Crippen LogP contribution in [-0.4, -0.2) is 24.8 Å². The molecule has 0 radical (unpaired) electrons. The maximum absolute atomic E-state index is 10.9. The summed E-state index contributed by atoms with van der Waals surface area (Å²) in [5.41, 5.74) is 2.10. The van der Waals surface area contributed by atoms with Gasteiger partial charge in [-0.2, -0.15) is 0 Å². The van der Waals surface area contributed by atoms with Gasteiger partial charge in [-0.25, -0.2) is 0 Å². The fraction of sp³-hybridized carbons (Fsp3) is 0.308. The van der Waals surface area contributed by atoms with Crippen molar-refractivity contribution in [2.45, 2.75) is 12.8 Å². The van der Waals surface area contributed by atoms with Gasteiger partial charge in [-0.05, 0) is 17.5 Å². The molecular formula is C13H16O3. The van der Waals surface area contributed by atoms with E-state index in [1.54, 1.807) is 6.08 Å². The van der Waals surface area contributed by atoms with Crippen LogP contribution in [0.1, 0.15) is 17.5 Å². The average Bonchev–Trinajstić information content (AvgIpc) is 2.31. The minimum absolute atomic E-state index is 0.127. The maximum Gasteiger partial charge on any atom is 0.309 e. The van der Waals surface area contributed by atoms with Crippen molar-refractivity contribution in [2.75, 3.05) is 13.7 Å². The highest BCUT2D eigenvalue weighted by molar-refractivity contribution is 5.72. The zero-order chi connectivity index (χ0) is 11.8. The first-order valence-electron chi connectivity index (χ1n) is 5.20. The predicted octanol–water partition coefficient (Wildman–Crippen LogP) is 1.80. The first kappa shape index (κ1) is 12.5. The zero-order valence-corrected chi connectivity index (χ0v) is 9.35. The molecule has 3 heteroatoms. The van der Waals surface area contributed by atoms with E-state index in [1.807, 2.05) is 30.3 Å². The van der Waals surface area contributed by atoms with Gasteiger partial charge in [-0.3, -0.25) is 4.79 Å². The van der Waals surface area contributed by atoms with Crippen LogP contribution in [0.15, 0.2) is 30.3 Å². The van der Waals surface area contributed by atoms with Crippen LogP contribution >= 0.6 is 0 Å². The van der Waals surface area contributed by atoms with Crippen molar-refractivity contribution in [1.82, 2.24) is 0 Å². The summed E-state index contributed by atoms with van der Waals surface area (Å²) in [6.07, 6.45) is 4.53. The van der Waals surface area contributed by atoms with Crippen LogP contribution < -0.4 is 0 Å². The predicted molar refractivity (Wildman–Crippen MR) is 62.9 cm³/mol. The Kier molecular flexibility index (Phi) is 5.29. The van der Waals surface area contributed by atoms with Gasteiger partial charge in [0.15, 0.2) is 0 Å². The Morgan fingerprint density at radius 2 is 2.19 bits per heavy atom. The third-order valence-electron chi connectivity index (χ3n) is 2.25. The lowest BCUT2D eigenvalue weighted by molar-refractivity contribution is -0.139. The molecular weight excluding hydrogens is 204 g/mol. The lowest BCUT2D eigenvalue weighted by Crippen LogP contribution is -1.97. The van der Waals surface area contributed by atoms with E-state index in [2.05, 4.69) is 4.74 Å². The summed E-state index contributed by atoms with van der Waals surface area (Å²) in [7, 11) is 1.37. The van der Waals surface area contributed by atoms with E-state index in [1.165, 1.54) is 7.11 Å². The Morgan fingerprint density at radius 1 is 1.44 bits per heavy atom. The average molecular weight is 220 g/mol. The van der Waals surface area contributed by atoms with Crippen LogP contribution in [0.2, 0.25) is 0 Å². The largest absolute Gasteiger partial charge is 0.469 e. The first-order valence-corrected chi connectivity index (χ1v) is 5.20. The zero-order valence-electron chi connectivity index (χ0n) is 9.35. The highest BCUT2D eigenvalue weighted by Gasteiger charge is 1.98. The second-order valence-corrected chi connectivity index (χ2v) is 3.36. The Bertz CT molecular complexity index is 369. The van der Waals surface area contributed by atoms with E-state index in [0.717, 1.165) is 11.1 Å². The Balaban J connectivity index is 2.68. The molecule has 0 heterocycles. The fourth-order valence-electron chi connectivity index (χ4n) is 1.41. The molecule has 1 aromatic rings. The molecule has 0 atom stereocenters. The lowest BCUT2D eigenvalue weighted by Gasteiger charge is -2.03. The van der Waals surface area contributed by atoms with Gasteiger partial charge in [0.2, 0.25) is 0 Å². The molecule has 0 spiro atoms. The molecule has 0 aliphatic heterocycles. The molecule has 1 N–H and O–H groups in total. The minimum atomic E-state index is -0.254. The monoisotopic (exact) mass is 220 g/mol. The minimum Gasteiger partial charge on any atom is -0.469 e. The van der Waals surface area contributed by atoms with E-state index in [4.69, 9.17) is 5.11 Å². The smallest absolute Gasteiger partial charge is 0.309 e. The molecule has 86 valence electrons. The van der Waals surface area contributed by atoms with E-state index in [-0.39, 0.29) is 19.0 Å². The van der Waals surface area contributed by atoms with Crippen molar-refractivity contribution in [2.24, 2.45) is 0 Å². The molecule has 0 aliphatic rings. The number of rotatable bonds is 5. The number of methoxy groups -OCH3 is 1. The number of carbonyl (C=O) groups is 1. The molecule has 0 saturated heterocycles. The van der Waals surface area contributed by atoms with Crippen LogP contribution in [0.25, 0.3) is 6.08 Å². The van der Waals surface area contributed by atoms with Crippen molar-refractivity contribution in [3.05, 3.63) is 41.5 Å². The van der Waals surface area contributed by atoms with Gasteiger partial charge in [0, 0.05) is 6.61 Å². The fourth-order valence-corrected chi connectivity index (χ4v) is 1.41. The van der Waals surface area contributed by atoms with Crippen LogP contribution in [0.4, 0.5) is 0 Å². The third-order valence-corrected chi connectivity index (χ3v) is 2.25. The molecule has 0 aromatic heterocycles. The molecule has 0 saturated carbocycles. The van der Waals surface area contributed by atoms with Crippen molar-refractivity contribution in [1.29, 1.82) is 0 Å². The second kappa shape index (κ2) is 6.80. The van der Waals surface area contributed by atoms with Gasteiger partial charge < -0.3 is 9.84 Å². The number of aliphatic hydroxyl groups is 1. The van der Waals surface area contributed by atoms with Gasteiger partial charge in [0.05, 0.1) is 13.5 Å². The standard InChI is InChI=1S/C13H16O3/c1-16-13(15)8-4-7-11-5-2-3-6-12(11)9-10-14/h2-7,14H,8-10H2,1H3. The third kappa shape index (κ3) is 3.87. The van der Waals surface area contributed by atoms with Gasteiger partial charge in [0.1, 0.15) is 0 Å². The van der Waals surface area contributed by atoms with E-state index in [0.29, 0.717) is 6.42 Å². The van der Waals surface area contributed by atoms with Gasteiger partial charge >= 0.3 is 5.97 Å². The normalized spacial score (nSPS) is 10.6. The summed E-state index contributed by atoms with van der Waals surface area (Å²) in [6, 6.07) is 7.79. The molecule has 0 unspecified atom stereocenters. The van der Waals surface area contributed by atoms with Crippen molar-refractivity contribution < 1.29 is 14.6 Å².